The predicted molar refractivity (Wildman–Crippen MR) is 135 cm³/mol. The Morgan fingerprint density at radius 2 is 1.76 bits per heavy atom. The standard InChI is InChI=1S/C29H44O4/c1-2-3-7-17-25(30)20-21-27-26(18-10-4-5-11-19-29(32)33)24(22-28(27)31)16-12-15-23-13-8-6-9-14-23/h6,8-9,13-14,20-21,25,27-28,30-31H,2-5,7,10-12,15-19,22H2,1H3,(H,32,33)/b21-20+/t25-,27+,28+/m0/s1. The van der Waals surface area contributed by atoms with Gasteiger partial charge in [0.1, 0.15) is 0 Å². The number of rotatable bonds is 17. The molecule has 33 heavy (non-hydrogen) atoms. The Hall–Kier alpha value is -1.91. The minimum atomic E-state index is -0.722. The smallest absolute Gasteiger partial charge is 0.303 e. The number of aliphatic carboxylic acids is 1. The zero-order valence-electron chi connectivity index (χ0n) is 20.4. The minimum Gasteiger partial charge on any atom is -0.481 e. The van der Waals surface area contributed by atoms with Crippen LogP contribution < -0.4 is 0 Å². The third-order valence-electron chi connectivity index (χ3n) is 6.74. The van der Waals surface area contributed by atoms with E-state index in [4.69, 9.17) is 5.11 Å². The first-order valence-corrected chi connectivity index (χ1v) is 13.0. The van der Waals surface area contributed by atoms with E-state index in [-0.39, 0.29) is 12.3 Å². The van der Waals surface area contributed by atoms with Gasteiger partial charge in [0.25, 0.3) is 0 Å². The third-order valence-corrected chi connectivity index (χ3v) is 6.74. The van der Waals surface area contributed by atoms with Gasteiger partial charge in [0.15, 0.2) is 0 Å². The van der Waals surface area contributed by atoms with Crippen LogP contribution in [-0.2, 0) is 11.2 Å². The van der Waals surface area contributed by atoms with Crippen molar-refractivity contribution in [2.24, 2.45) is 5.92 Å². The highest BCUT2D eigenvalue weighted by Gasteiger charge is 2.30. The lowest BCUT2D eigenvalue weighted by Gasteiger charge is -2.16. The summed E-state index contributed by atoms with van der Waals surface area (Å²) in [7, 11) is 0. The molecule has 1 aromatic rings. The first kappa shape index (κ1) is 27.3. The average molecular weight is 457 g/mol. The third kappa shape index (κ3) is 10.7. The van der Waals surface area contributed by atoms with Gasteiger partial charge in [-0.3, -0.25) is 4.79 Å². The monoisotopic (exact) mass is 456 g/mol. The Kier molecular flexibility index (Phi) is 13.1. The van der Waals surface area contributed by atoms with Crippen LogP contribution in [0.25, 0.3) is 0 Å². The van der Waals surface area contributed by atoms with E-state index in [1.54, 1.807) is 0 Å². The molecule has 1 aliphatic carbocycles. The molecule has 184 valence electrons. The van der Waals surface area contributed by atoms with Crippen molar-refractivity contribution in [1.82, 2.24) is 0 Å². The molecule has 3 atom stereocenters. The zero-order chi connectivity index (χ0) is 23.9. The van der Waals surface area contributed by atoms with Gasteiger partial charge in [-0.1, -0.05) is 92.7 Å². The van der Waals surface area contributed by atoms with E-state index in [1.807, 2.05) is 18.2 Å². The molecule has 4 heteroatoms. The van der Waals surface area contributed by atoms with Gasteiger partial charge in [0.2, 0.25) is 0 Å². The number of carboxylic acids is 1. The molecular formula is C29H44O4. The van der Waals surface area contributed by atoms with Crippen LogP contribution in [0.4, 0.5) is 0 Å². The first-order chi connectivity index (χ1) is 16.0. The van der Waals surface area contributed by atoms with Crippen molar-refractivity contribution in [2.45, 2.75) is 109 Å². The summed E-state index contributed by atoms with van der Waals surface area (Å²) >= 11 is 0. The normalized spacial score (nSPS) is 19.5. The van der Waals surface area contributed by atoms with E-state index >= 15 is 0 Å². The van der Waals surface area contributed by atoms with E-state index in [9.17, 15) is 15.0 Å². The molecule has 1 aliphatic rings. The second kappa shape index (κ2) is 15.8. The van der Waals surface area contributed by atoms with Crippen molar-refractivity contribution in [3.8, 4) is 0 Å². The average Bonchev–Trinajstić information content (AvgIpc) is 3.09. The quantitative estimate of drug-likeness (QED) is 0.182. The molecule has 1 aromatic carbocycles. The Morgan fingerprint density at radius 1 is 1.00 bits per heavy atom. The van der Waals surface area contributed by atoms with Crippen molar-refractivity contribution in [2.75, 3.05) is 0 Å². The van der Waals surface area contributed by atoms with Crippen molar-refractivity contribution < 1.29 is 20.1 Å². The van der Waals surface area contributed by atoms with Gasteiger partial charge in [-0.25, -0.2) is 0 Å². The van der Waals surface area contributed by atoms with Gasteiger partial charge in [-0.15, -0.1) is 0 Å². The molecule has 0 saturated carbocycles. The van der Waals surface area contributed by atoms with E-state index in [2.05, 4.69) is 31.2 Å². The summed E-state index contributed by atoms with van der Waals surface area (Å²) in [6.07, 6.45) is 15.9. The van der Waals surface area contributed by atoms with Crippen molar-refractivity contribution in [1.29, 1.82) is 0 Å². The maximum absolute atomic E-state index is 10.8. The number of carbonyl (C=O) groups is 1. The van der Waals surface area contributed by atoms with Crippen LogP contribution in [0, 0.1) is 5.92 Å². The molecule has 0 radical (unpaired) electrons. The summed E-state index contributed by atoms with van der Waals surface area (Å²) < 4.78 is 0. The van der Waals surface area contributed by atoms with Crippen molar-refractivity contribution in [3.05, 3.63) is 59.2 Å². The van der Waals surface area contributed by atoms with Crippen LogP contribution in [0.2, 0.25) is 0 Å². The number of hydrogen-bond acceptors (Lipinski definition) is 3. The van der Waals surface area contributed by atoms with Crippen molar-refractivity contribution in [3.63, 3.8) is 0 Å². The molecule has 0 fully saturated rings. The second-order valence-electron chi connectivity index (χ2n) is 9.52. The van der Waals surface area contributed by atoms with Crippen molar-refractivity contribution >= 4 is 5.97 Å². The molecule has 0 aliphatic heterocycles. The molecule has 0 spiro atoms. The largest absolute Gasteiger partial charge is 0.481 e. The summed E-state index contributed by atoms with van der Waals surface area (Å²) in [5, 5.41) is 30.0. The zero-order valence-corrected chi connectivity index (χ0v) is 20.4. The SMILES string of the molecule is CCCCC[C@H](O)/C=C/[C@@H]1C(CCCCCCC(=O)O)=C(CCCc2ccccc2)C[C@H]1O. The number of unbranched alkanes of at least 4 members (excludes halogenated alkanes) is 5. The Bertz CT molecular complexity index is 737. The lowest BCUT2D eigenvalue weighted by Crippen LogP contribution is -2.15. The first-order valence-electron chi connectivity index (χ1n) is 13.0. The van der Waals surface area contributed by atoms with E-state index in [0.717, 1.165) is 83.5 Å². The highest BCUT2D eigenvalue weighted by Crippen LogP contribution is 2.39. The molecule has 0 amide bonds. The van der Waals surface area contributed by atoms with Crippen LogP contribution in [0.1, 0.15) is 96.0 Å². The summed E-state index contributed by atoms with van der Waals surface area (Å²) in [5.74, 6) is -0.725. The Morgan fingerprint density at radius 3 is 2.48 bits per heavy atom. The van der Waals surface area contributed by atoms with Gasteiger partial charge in [-0.05, 0) is 56.9 Å². The number of benzene rings is 1. The number of aliphatic hydroxyl groups is 2. The number of aryl methyl sites for hydroxylation is 1. The molecule has 0 bridgehead atoms. The molecule has 4 nitrogen and oxygen atoms in total. The second-order valence-corrected chi connectivity index (χ2v) is 9.52. The van der Waals surface area contributed by atoms with Crippen LogP contribution in [-0.4, -0.2) is 33.5 Å². The molecule has 2 rings (SSSR count). The maximum Gasteiger partial charge on any atom is 0.303 e. The topological polar surface area (TPSA) is 77.8 Å². The van der Waals surface area contributed by atoms with E-state index in [1.165, 1.54) is 16.7 Å². The predicted octanol–water partition coefficient (Wildman–Crippen LogP) is 6.61. The number of carboxylic acid groups (broad SMARTS) is 1. The van der Waals surface area contributed by atoms with Gasteiger partial charge >= 0.3 is 5.97 Å². The van der Waals surface area contributed by atoms with E-state index in [0.29, 0.717) is 0 Å². The number of aliphatic hydroxyl groups excluding tert-OH is 2. The Balaban J connectivity index is 1.97. The van der Waals surface area contributed by atoms with E-state index < -0.39 is 18.2 Å². The molecule has 3 N–H and O–H groups in total. The highest BCUT2D eigenvalue weighted by molar-refractivity contribution is 5.66. The summed E-state index contributed by atoms with van der Waals surface area (Å²) in [4.78, 5) is 10.7. The van der Waals surface area contributed by atoms with Gasteiger partial charge < -0.3 is 15.3 Å². The van der Waals surface area contributed by atoms with Gasteiger partial charge in [0.05, 0.1) is 12.2 Å². The molecule has 0 aromatic heterocycles. The highest BCUT2D eigenvalue weighted by atomic mass is 16.4. The summed E-state index contributed by atoms with van der Waals surface area (Å²) in [6, 6.07) is 10.5. The summed E-state index contributed by atoms with van der Waals surface area (Å²) in [6.45, 7) is 2.16. The lowest BCUT2D eigenvalue weighted by atomic mass is 9.91. The molecule has 0 heterocycles. The van der Waals surface area contributed by atoms with Gasteiger partial charge in [0, 0.05) is 12.3 Å². The fourth-order valence-electron chi connectivity index (χ4n) is 4.87. The van der Waals surface area contributed by atoms with Crippen LogP contribution >= 0.6 is 0 Å². The lowest BCUT2D eigenvalue weighted by molar-refractivity contribution is -0.137. The Labute approximate surface area is 200 Å². The molecule has 0 unspecified atom stereocenters. The van der Waals surface area contributed by atoms with Crippen LogP contribution in [0.3, 0.4) is 0 Å². The summed E-state index contributed by atoms with van der Waals surface area (Å²) in [5.41, 5.74) is 4.09. The van der Waals surface area contributed by atoms with Gasteiger partial charge in [-0.2, -0.15) is 0 Å². The van der Waals surface area contributed by atoms with Crippen LogP contribution in [0.5, 0.6) is 0 Å². The molecule has 0 saturated heterocycles. The minimum absolute atomic E-state index is 0.00318. The number of hydrogen-bond donors (Lipinski definition) is 3. The fraction of sp³-hybridized carbons (Fsp3) is 0.621. The van der Waals surface area contributed by atoms with Crippen LogP contribution in [0.15, 0.2) is 53.6 Å². The molecular weight excluding hydrogens is 412 g/mol. The maximum atomic E-state index is 10.8. The fourth-order valence-corrected chi connectivity index (χ4v) is 4.87.